The summed E-state index contributed by atoms with van der Waals surface area (Å²) in [6.07, 6.45) is 0.382. The van der Waals surface area contributed by atoms with Crippen LogP contribution >= 0.6 is 0 Å². The van der Waals surface area contributed by atoms with E-state index in [9.17, 15) is 13.2 Å². The van der Waals surface area contributed by atoms with Gasteiger partial charge in [-0.2, -0.15) is 4.31 Å². The Morgan fingerprint density at radius 1 is 1.07 bits per heavy atom. The molecule has 1 aliphatic rings. The highest BCUT2D eigenvalue weighted by Gasteiger charge is 2.33. The van der Waals surface area contributed by atoms with Gasteiger partial charge >= 0.3 is 0 Å². The fourth-order valence-corrected chi connectivity index (χ4v) is 5.63. The molecule has 1 fully saturated rings. The minimum absolute atomic E-state index is 0.170. The van der Waals surface area contributed by atoms with Gasteiger partial charge in [-0.05, 0) is 62.9 Å². The van der Waals surface area contributed by atoms with Crippen molar-refractivity contribution in [1.82, 2.24) is 9.62 Å². The standard InChI is InChI=1S/C23H30N2O4S/c1-16-7-5-6-8-20(16)11-12-24-23(26)21-10-9-17(2)22(13-21)30(27,28)25-14-18(3)29-19(4)15-25/h5-10,13,18-19H,11-12,14-15H2,1-4H3,(H,24,26). The second kappa shape index (κ2) is 9.29. The van der Waals surface area contributed by atoms with E-state index in [0.717, 1.165) is 6.42 Å². The van der Waals surface area contributed by atoms with Crippen LogP contribution in [-0.2, 0) is 21.2 Å². The van der Waals surface area contributed by atoms with E-state index >= 15 is 0 Å². The quantitative estimate of drug-likeness (QED) is 0.764. The zero-order valence-corrected chi connectivity index (χ0v) is 18.8. The molecule has 3 rings (SSSR count). The maximum atomic E-state index is 13.2. The highest BCUT2D eigenvalue weighted by Crippen LogP contribution is 2.24. The molecule has 2 unspecified atom stereocenters. The molecular weight excluding hydrogens is 400 g/mol. The lowest BCUT2D eigenvalue weighted by Crippen LogP contribution is -2.48. The first kappa shape index (κ1) is 22.5. The summed E-state index contributed by atoms with van der Waals surface area (Å²) in [7, 11) is -3.71. The van der Waals surface area contributed by atoms with Gasteiger partial charge in [0.2, 0.25) is 10.0 Å². The number of aryl methyl sites for hydroxylation is 2. The molecule has 2 atom stereocenters. The van der Waals surface area contributed by atoms with Crippen LogP contribution in [0.2, 0.25) is 0 Å². The Bertz CT molecular complexity index is 1010. The van der Waals surface area contributed by atoms with Crippen molar-refractivity contribution in [3.8, 4) is 0 Å². The van der Waals surface area contributed by atoms with Crippen LogP contribution in [0.4, 0.5) is 0 Å². The van der Waals surface area contributed by atoms with E-state index in [1.54, 1.807) is 19.1 Å². The molecule has 1 saturated heterocycles. The largest absolute Gasteiger partial charge is 0.373 e. The van der Waals surface area contributed by atoms with Gasteiger partial charge in [0.15, 0.2) is 0 Å². The number of hydrogen-bond acceptors (Lipinski definition) is 4. The minimum Gasteiger partial charge on any atom is -0.373 e. The van der Waals surface area contributed by atoms with E-state index in [1.807, 2.05) is 45.0 Å². The normalized spacial score (nSPS) is 20.1. The Hall–Kier alpha value is -2.22. The number of carbonyl (C=O) groups is 1. The third kappa shape index (κ3) is 5.09. The zero-order valence-electron chi connectivity index (χ0n) is 18.0. The molecule has 1 N–H and O–H groups in total. The monoisotopic (exact) mass is 430 g/mol. The molecule has 0 spiro atoms. The molecule has 162 valence electrons. The minimum atomic E-state index is -3.71. The van der Waals surface area contributed by atoms with Gasteiger partial charge in [-0.25, -0.2) is 8.42 Å². The van der Waals surface area contributed by atoms with E-state index in [-0.39, 0.29) is 23.0 Å². The number of rotatable bonds is 6. The fourth-order valence-electron chi connectivity index (χ4n) is 3.79. The fraction of sp³-hybridized carbons (Fsp3) is 0.435. The van der Waals surface area contributed by atoms with Gasteiger partial charge in [-0.3, -0.25) is 4.79 Å². The van der Waals surface area contributed by atoms with E-state index in [4.69, 9.17) is 4.74 Å². The number of hydrogen-bond donors (Lipinski definition) is 1. The van der Waals surface area contributed by atoms with Gasteiger partial charge in [0.05, 0.1) is 17.1 Å². The van der Waals surface area contributed by atoms with E-state index < -0.39 is 10.0 Å². The molecule has 0 saturated carbocycles. The van der Waals surface area contributed by atoms with Crippen molar-refractivity contribution in [2.45, 2.75) is 51.2 Å². The van der Waals surface area contributed by atoms with E-state index in [2.05, 4.69) is 5.32 Å². The Balaban J connectivity index is 1.74. The second-order valence-electron chi connectivity index (χ2n) is 7.99. The molecule has 1 heterocycles. The van der Waals surface area contributed by atoms with Gasteiger partial charge in [-0.1, -0.05) is 30.3 Å². The number of sulfonamides is 1. The Morgan fingerprint density at radius 3 is 2.40 bits per heavy atom. The number of carbonyl (C=O) groups excluding carboxylic acids is 1. The van der Waals surface area contributed by atoms with Crippen LogP contribution in [0.15, 0.2) is 47.4 Å². The molecule has 7 heteroatoms. The number of nitrogens with one attached hydrogen (secondary N) is 1. The summed E-state index contributed by atoms with van der Waals surface area (Å²) in [5.74, 6) is -0.274. The average molecular weight is 431 g/mol. The van der Waals surface area contributed by atoms with Crippen molar-refractivity contribution < 1.29 is 17.9 Å². The number of nitrogens with zero attached hydrogens (tertiary/aromatic N) is 1. The molecule has 6 nitrogen and oxygen atoms in total. The lowest BCUT2D eigenvalue weighted by atomic mass is 10.1. The predicted octanol–water partition coefficient (Wildman–Crippen LogP) is 3.07. The van der Waals surface area contributed by atoms with Crippen molar-refractivity contribution in [2.24, 2.45) is 0 Å². The van der Waals surface area contributed by atoms with Crippen LogP contribution in [-0.4, -0.2) is 50.5 Å². The first-order valence-corrected chi connectivity index (χ1v) is 11.7. The van der Waals surface area contributed by atoms with Crippen molar-refractivity contribution in [1.29, 1.82) is 0 Å². The van der Waals surface area contributed by atoms with Crippen LogP contribution in [0.1, 0.15) is 40.9 Å². The maximum absolute atomic E-state index is 13.2. The summed E-state index contributed by atoms with van der Waals surface area (Å²) < 4.78 is 33.6. The number of ether oxygens (including phenoxy) is 1. The van der Waals surface area contributed by atoms with Gasteiger partial charge in [-0.15, -0.1) is 0 Å². The highest BCUT2D eigenvalue weighted by atomic mass is 32.2. The predicted molar refractivity (Wildman–Crippen MR) is 117 cm³/mol. The van der Waals surface area contributed by atoms with Crippen LogP contribution in [0, 0.1) is 13.8 Å². The van der Waals surface area contributed by atoms with Gasteiger partial charge in [0.1, 0.15) is 0 Å². The summed E-state index contributed by atoms with van der Waals surface area (Å²) in [6.45, 7) is 8.62. The molecule has 0 aromatic heterocycles. The lowest BCUT2D eigenvalue weighted by Gasteiger charge is -2.34. The van der Waals surface area contributed by atoms with Crippen molar-refractivity contribution in [2.75, 3.05) is 19.6 Å². The third-order valence-corrected chi connectivity index (χ3v) is 7.37. The van der Waals surface area contributed by atoms with Crippen molar-refractivity contribution >= 4 is 15.9 Å². The first-order chi connectivity index (χ1) is 14.2. The van der Waals surface area contributed by atoms with Crippen molar-refractivity contribution in [3.63, 3.8) is 0 Å². The molecule has 2 aromatic rings. The molecule has 30 heavy (non-hydrogen) atoms. The van der Waals surface area contributed by atoms with Gasteiger partial charge in [0.25, 0.3) is 5.91 Å². The molecule has 2 aromatic carbocycles. The topological polar surface area (TPSA) is 75.7 Å². The molecule has 1 amide bonds. The summed E-state index contributed by atoms with van der Waals surface area (Å²) in [4.78, 5) is 12.8. The number of morpholine rings is 1. The Morgan fingerprint density at radius 2 is 1.73 bits per heavy atom. The van der Waals surface area contributed by atoms with E-state index in [1.165, 1.54) is 21.5 Å². The summed E-state index contributed by atoms with van der Waals surface area (Å²) >= 11 is 0. The summed E-state index contributed by atoms with van der Waals surface area (Å²) in [6, 6.07) is 12.9. The molecule has 0 radical (unpaired) electrons. The third-order valence-electron chi connectivity index (χ3n) is 5.40. The van der Waals surface area contributed by atoms with Gasteiger partial charge in [0, 0.05) is 25.2 Å². The van der Waals surface area contributed by atoms with Gasteiger partial charge < -0.3 is 10.1 Å². The molecular formula is C23H30N2O4S. The van der Waals surface area contributed by atoms with Crippen molar-refractivity contribution in [3.05, 3.63) is 64.7 Å². The van der Waals surface area contributed by atoms with Crippen LogP contribution < -0.4 is 5.32 Å². The zero-order chi connectivity index (χ0) is 21.9. The molecule has 1 aliphatic heterocycles. The number of benzene rings is 2. The van der Waals surface area contributed by atoms with Crippen LogP contribution in [0.5, 0.6) is 0 Å². The second-order valence-corrected chi connectivity index (χ2v) is 9.90. The first-order valence-electron chi connectivity index (χ1n) is 10.3. The van der Waals surface area contributed by atoms with E-state index in [0.29, 0.717) is 30.8 Å². The van der Waals surface area contributed by atoms with Crippen LogP contribution in [0.3, 0.4) is 0 Å². The number of amides is 1. The molecule has 0 aliphatic carbocycles. The maximum Gasteiger partial charge on any atom is 0.251 e. The summed E-state index contributed by atoms with van der Waals surface area (Å²) in [5.41, 5.74) is 3.33. The average Bonchev–Trinajstić information content (AvgIpc) is 2.68. The smallest absolute Gasteiger partial charge is 0.251 e. The molecule has 0 bridgehead atoms. The highest BCUT2D eigenvalue weighted by molar-refractivity contribution is 7.89. The Labute approximate surface area is 179 Å². The van der Waals surface area contributed by atoms with Crippen LogP contribution in [0.25, 0.3) is 0 Å². The Kier molecular flexibility index (Phi) is 6.95. The summed E-state index contributed by atoms with van der Waals surface area (Å²) in [5, 5.41) is 2.90. The SMILES string of the molecule is Cc1ccccc1CCNC(=O)c1ccc(C)c(S(=O)(=O)N2CC(C)OC(C)C2)c1. The lowest BCUT2D eigenvalue weighted by molar-refractivity contribution is -0.0441.